The number of rotatable bonds is 4. The Morgan fingerprint density at radius 3 is 2.08 bits per heavy atom. The zero-order valence-electron chi connectivity index (χ0n) is 19.9. The van der Waals surface area contributed by atoms with Crippen molar-refractivity contribution in [3.8, 4) is 0 Å². The lowest BCUT2D eigenvalue weighted by Gasteiger charge is -2.24. The van der Waals surface area contributed by atoms with Crippen LogP contribution in [0.5, 0.6) is 0 Å². The van der Waals surface area contributed by atoms with Gasteiger partial charge in [0.1, 0.15) is 24.7 Å². The third kappa shape index (κ3) is 11.3. The highest BCUT2D eigenvalue weighted by Gasteiger charge is 2.30. The molecule has 0 saturated carbocycles. The lowest BCUT2D eigenvalue weighted by molar-refractivity contribution is -0.136. The number of nitrogens with one attached hydrogen (secondary N) is 6. The molecule has 7 amide bonds. The summed E-state index contributed by atoms with van der Waals surface area (Å²) in [6.45, 7) is 2.14. The maximum Gasteiger partial charge on any atom is 0.316 e. The first kappa shape index (κ1) is 30.5. The zero-order chi connectivity index (χ0) is 27.3. The van der Waals surface area contributed by atoms with Crippen LogP contribution in [0.3, 0.4) is 0 Å². The van der Waals surface area contributed by atoms with E-state index in [-0.39, 0.29) is 26.4 Å². The van der Waals surface area contributed by atoms with E-state index in [9.17, 15) is 39.0 Å². The van der Waals surface area contributed by atoms with Gasteiger partial charge in [0.25, 0.3) is 11.8 Å². The van der Waals surface area contributed by atoms with Crippen LogP contribution in [0.4, 0.5) is 4.79 Å². The van der Waals surface area contributed by atoms with Crippen molar-refractivity contribution < 1.29 is 48.5 Å². The molecule has 1 aliphatic heterocycles. The predicted octanol–water partition coefficient (Wildman–Crippen LogP) is -5.55. The fraction of sp³-hybridized carbons (Fsp3) is 0.684. The fourth-order valence-electron chi connectivity index (χ4n) is 2.81. The summed E-state index contributed by atoms with van der Waals surface area (Å²) in [6.07, 6.45) is -3.40. The van der Waals surface area contributed by atoms with Crippen LogP contribution < -0.4 is 37.9 Å². The molecule has 0 bridgehead atoms. The number of aliphatic hydroxyl groups excluding tert-OH is 2. The molecule has 5 atom stereocenters. The van der Waals surface area contributed by atoms with Crippen molar-refractivity contribution in [1.82, 2.24) is 32.1 Å². The number of amides is 7. The zero-order valence-corrected chi connectivity index (χ0v) is 19.9. The van der Waals surface area contributed by atoms with Crippen LogP contribution in [0.25, 0.3) is 0 Å². The molecule has 0 aliphatic carbocycles. The third-order valence-corrected chi connectivity index (χ3v) is 4.62. The van der Waals surface area contributed by atoms with Gasteiger partial charge in [0.15, 0.2) is 0 Å². The van der Waals surface area contributed by atoms with Crippen LogP contribution in [0, 0.1) is 0 Å². The van der Waals surface area contributed by atoms with Crippen LogP contribution >= 0.6 is 0 Å². The summed E-state index contributed by atoms with van der Waals surface area (Å²) in [6, 6.07) is -5.61. The molecule has 0 aromatic carbocycles. The second-order valence-electron chi connectivity index (χ2n) is 7.78. The van der Waals surface area contributed by atoms with Gasteiger partial charge in [-0.05, 0) is 13.8 Å². The molecule has 17 nitrogen and oxygen atoms in total. The average molecular weight is 520 g/mol. The Bertz CT molecular complexity index is 807. The number of aliphatic hydroxyl groups is 2. The lowest BCUT2D eigenvalue weighted by Crippen LogP contribution is -2.61. The van der Waals surface area contributed by atoms with E-state index in [0.717, 1.165) is 0 Å². The molecule has 17 heteroatoms. The lowest BCUT2D eigenvalue weighted by atomic mass is 10.1. The van der Waals surface area contributed by atoms with E-state index in [1.54, 1.807) is 0 Å². The maximum atomic E-state index is 12.5. The molecule has 1 fully saturated rings. The van der Waals surface area contributed by atoms with Gasteiger partial charge in [-0.1, -0.05) is 0 Å². The summed E-state index contributed by atoms with van der Waals surface area (Å²) in [5, 5.41) is 28.7. The summed E-state index contributed by atoms with van der Waals surface area (Å²) in [5.74, 6) is -4.58. The molecule has 1 saturated heterocycles. The summed E-state index contributed by atoms with van der Waals surface area (Å²) < 4.78 is 10.4. The summed E-state index contributed by atoms with van der Waals surface area (Å²) in [7, 11) is 0. The molecule has 10 N–H and O–H groups in total. The van der Waals surface area contributed by atoms with Crippen molar-refractivity contribution in [3.63, 3.8) is 0 Å². The second kappa shape index (κ2) is 15.5. The third-order valence-electron chi connectivity index (χ3n) is 4.62. The van der Waals surface area contributed by atoms with Crippen molar-refractivity contribution in [2.75, 3.05) is 33.0 Å². The molecule has 1 aliphatic rings. The summed E-state index contributed by atoms with van der Waals surface area (Å²) >= 11 is 0. The highest BCUT2D eigenvalue weighted by Crippen LogP contribution is 1.98. The standard InChI is InChI=1S/C19H33N7O10/c1-9(27)14-17(32)21-3-4-35-5-6-36-8-13(30)23-15(10(2)28)18(33)26-25-16(31)11(7-12(20)29)22-19(34)24-14/h9-11,14-15,27-28H,3-8H2,1-2H3,(H2,20,29)(H,21,32)(H,23,30)(H,25,31)(H,26,33)(H2,22,24,34)/t9?,10?,11-,14?,15-/m1/s1. The molecular formula is C19H33N7O10. The Morgan fingerprint density at radius 2 is 1.47 bits per heavy atom. The van der Waals surface area contributed by atoms with Crippen molar-refractivity contribution in [3.05, 3.63) is 0 Å². The van der Waals surface area contributed by atoms with E-state index in [0.29, 0.717) is 0 Å². The average Bonchev–Trinajstić information content (AvgIpc) is 2.78. The number of carbonyl (C=O) groups is 6. The summed E-state index contributed by atoms with van der Waals surface area (Å²) in [4.78, 5) is 73.0. The minimum atomic E-state index is -1.60. The number of nitrogens with two attached hydrogens (primary N) is 1. The summed E-state index contributed by atoms with van der Waals surface area (Å²) in [5.41, 5.74) is 9.04. The van der Waals surface area contributed by atoms with Gasteiger partial charge in [-0.3, -0.25) is 34.8 Å². The quantitative estimate of drug-likeness (QED) is 0.170. The maximum absolute atomic E-state index is 12.5. The molecule has 0 aromatic heterocycles. The van der Waals surface area contributed by atoms with Crippen LogP contribution in [0.1, 0.15) is 20.3 Å². The SMILES string of the molecule is CC(O)C1NC(=O)N[C@H](CC(N)=O)C(=O)NNC(=O)[C@@H](C(C)O)NC(=O)COCCOCCNC1=O. The van der Waals surface area contributed by atoms with E-state index in [1.807, 2.05) is 10.9 Å². The van der Waals surface area contributed by atoms with Crippen molar-refractivity contribution in [2.24, 2.45) is 5.73 Å². The molecule has 1 heterocycles. The van der Waals surface area contributed by atoms with Crippen molar-refractivity contribution in [2.45, 2.75) is 50.6 Å². The highest BCUT2D eigenvalue weighted by atomic mass is 16.5. The molecular weight excluding hydrogens is 486 g/mol. The Hall–Kier alpha value is -3.54. The largest absolute Gasteiger partial charge is 0.391 e. The first-order valence-corrected chi connectivity index (χ1v) is 11.0. The van der Waals surface area contributed by atoms with Gasteiger partial charge in [-0.2, -0.15) is 0 Å². The number of hydrogen-bond donors (Lipinski definition) is 9. The van der Waals surface area contributed by atoms with E-state index in [2.05, 4.69) is 21.3 Å². The normalized spacial score (nSPS) is 25.9. The number of hydrogen-bond acceptors (Lipinski definition) is 10. The first-order valence-electron chi connectivity index (χ1n) is 11.0. The fourth-order valence-corrected chi connectivity index (χ4v) is 2.81. The van der Waals surface area contributed by atoms with E-state index in [1.165, 1.54) is 13.8 Å². The molecule has 36 heavy (non-hydrogen) atoms. The molecule has 1 rings (SSSR count). The minimum absolute atomic E-state index is 0.00223. The van der Waals surface area contributed by atoms with Crippen LogP contribution in [0.15, 0.2) is 0 Å². The highest BCUT2D eigenvalue weighted by molar-refractivity contribution is 5.95. The Kier molecular flexibility index (Phi) is 13.1. The van der Waals surface area contributed by atoms with E-state index >= 15 is 0 Å². The van der Waals surface area contributed by atoms with Crippen molar-refractivity contribution >= 4 is 35.6 Å². The second-order valence-corrected chi connectivity index (χ2v) is 7.78. The number of ether oxygens (including phenoxy) is 2. The van der Waals surface area contributed by atoms with Gasteiger partial charge in [0.05, 0.1) is 38.4 Å². The Labute approximate surface area is 206 Å². The van der Waals surface area contributed by atoms with Gasteiger partial charge in [0, 0.05) is 6.54 Å². The van der Waals surface area contributed by atoms with Gasteiger partial charge in [0.2, 0.25) is 17.7 Å². The first-order chi connectivity index (χ1) is 16.9. The van der Waals surface area contributed by atoms with Crippen LogP contribution in [0.2, 0.25) is 0 Å². The molecule has 204 valence electrons. The van der Waals surface area contributed by atoms with Gasteiger partial charge < -0.3 is 46.7 Å². The van der Waals surface area contributed by atoms with Gasteiger partial charge in [-0.15, -0.1) is 0 Å². The Morgan fingerprint density at radius 1 is 0.889 bits per heavy atom. The van der Waals surface area contributed by atoms with Crippen LogP contribution in [-0.2, 0) is 33.4 Å². The predicted molar refractivity (Wildman–Crippen MR) is 119 cm³/mol. The molecule has 3 unspecified atom stereocenters. The minimum Gasteiger partial charge on any atom is -0.391 e. The number of carbonyl (C=O) groups excluding carboxylic acids is 6. The Balaban J connectivity index is 3.04. The van der Waals surface area contributed by atoms with Gasteiger partial charge >= 0.3 is 6.03 Å². The molecule has 0 radical (unpaired) electrons. The number of urea groups is 1. The van der Waals surface area contributed by atoms with Gasteiger partial charge in [-0.25, -0.2) is 4.79 Å². The monoisotopic (exact) mass is 519 g/mol. The topological polar surface area (TPSA) is 260 Å². The molecule has 0 aromatic rings. The van der Waals surface area contributed by atoms with Crippen molar-refractivity contribution in [1.29, 1.82) is 0 Å². The van der Waals surface area contributed by atoms with Crippen LogP contribution in [-0.4, -0.2) is 109 Å². The smallest absolute Gasteiger partial charge is 0.316 e. The molecule has 0 spiro atoms. The number of hydrazine groups is 1. The van der Waals surface area contributed by atoms with E-state index < -0.39 is 78.9 Å². The number of primary amides is 1. The van der Waals surface area contributed by atoms with E-state index in [4.69, 9.17) is 15.2 Å².